The van der Waals surface area contributed by atoms with Crippen molar-refractivity contribution in [3.63, 3.8) is 0 Å². The predicted molar refractivity (Wildman–Crippen MR) is 95.8 cm³/mol. The van der Waals surface area contributed by atoms with E-state index in [4.69, 9.17) is 4.99 Å². The Kier molecular flexibility index (Phi) is 5.46. The van der Waals surface area contributed by atoms with Crippen molar-refractivity contribution >= 4 is 11.6 Å². The minimum Gasteiger partial charge on any atom is -0.356 e. The highest BCUT2D eigenvalue weighted by Gasteiger charge is 2.24. The molecule has 1 aliphatic heterocycles. The number of anilines is 1. The van der Waals surface area contributed by atoms with Crippen LogP contribution in [0.15, 0.2) is 29.3 Å². The Morgan fingerprint density at radius 2 is 2.05 bits per heavy atom. The Labute approximate surface area is 135 Å². The van der Waals surface area contributed by atoms with E-state index in [9.17, 15) is 0 Å². The normalized spacial score (nSPS) is 15.4. The third-order valence-electron chi connectivity index (χ3n) is 3.88. The summed E-state index contributed by atoms with van der Waals surface area (Å²) in [5.74, 6) is 1.01. The average molecular weight is 302 g/mol. The Balaban J connectivity index is 2.15. The highest BCUT2D eigenvalue weighted by Crippen LogP contribution is 2.27. The molecule has 122 valence electrons. The van der Waals surface area contributed by atoms with Crippen LogP contribution in [0.4, 0.5) is 5.69 Å². The SMILES string of the molecule is CCNC(=NCC(C)(C)CN(C)C)N1CCc2ccccc21. The predicted octanol–water partition coefficient (Wildman–Crippen LogP) is 2.60. The van der Waals surface area contributed by atoms with Gasteiger partial charge >= 0.3 is 0 Å². The van der Waals surface area contributed by atoms with E-state index in [-0.39, 0.29) is 5.41 Å². The van der Waals surface area contributed by atoms with Crippen molar-refractivity contribution < 1.29 is 0 Å². The Morgan fingerprint density at radius 3 is 2.73 bits per heavy atom. The maximum absolute atomic E-state index is 4.92. The van der Waals surface area contributed by atoms with Crippen LogP contribution in [0.1, 0.15) is 26.3 Å². The van der Waals surface area contributed by atoms with Crippen LogP contribution < -0.4 is 10.2 Å². The van der Waals surface area contributed by atoms with Crippen LogP contribution in [0.2, 0.25) is 0 Å². The van der Waals surface area contributed by atoms with E-state index in [1.165, 1.54) is 11.3 Å². The fourth-order valence-electron chi connectivity index (χ4n) is 3.15. The molecule has 4 heteroatoms. The Hall–Kier alpha value is -1.55. The summed E-state index contributed by atoms with van der Waals surface area (Å²) in [4.78, 5) is 9.48. The first kappa shape index (κ1) is 16.8. The van der Waals surface area contributed by atoms with Crippen LogP contribution in [0, 0.1) is 5.41 Å². The molecule has 0 bridgehead atoms. The standard InChI is InChI=1S/C18H30N4/c1-6-19-17(20-13-18(2,3)14-21(4)5)22-12-11-15-9-7-8-10-16(15)22/h7-10H,6,11-14H2,1-5H3,(H,19,20). The van der Waals surface area contributed by atoms with E-state index >= 15 is 0 Å². The molecule has 0 atom stereocenters. The highest BCUT2D eigenvalue weighted by molar-refractivity contribution is 5.97. The lowest BCUT2D eigenvalue weighted by Gasteiger charge is -2.28. The Bertz CT molecular complexity index is 520. The second-order valence-electron chi connectivity index (χ2n) is 7.10. The minimum absolute atomic E-state index is 0.170. The zero-order chi connectivity index (χ0) is 16.2. The van der Waals surface area contributed by atoms with Gasteiger partial charge in [0.2, 0.25) is 0 Å². The molecule has 0 unspecified atom stereocenters. The van der Waals surface area contributed by atoms with Crippen LogP contribution in [0.3, 0.4) is 0 Å². The molecule has 2 rings (SSSR count). The fourth-order valence-corrected chi connectivity index (χ4v) is 3.15. The number of fused-ring (bicyclic) bond motifs is 1. The first-order chi connectivity index (χ1) is 10.4. The van der Waals surface area contributed by atoms with Crippen LogP contribution in [0.25, 0.3) is 0 Å². The summed E-state index contributed by atoms with van der Waals surface area (Å²) in [6, 6.07) is 8.64. The van der Waals surface area contributed by atoms with E-state index < -0.39 is 0 Å². The van der Waals surface area contributed by atoms with Crippen molar-refractivity contribution in [3.05, 3.63) is 29.8 Å². The summed E-state index contributed by atoms with van der Waals surface area (Å²) in [6.45, 7) is 10.4. The van der Waals surface area contributed by atoms with Gasteiger partial charge in [-0.1, -0.05) is 32.0 Å². The largest absolute Gasteiger partial charge is 0.356 e. The summed E-state index contributed by atoms with van der Waals surface area (Å²) < 4.78 is 0. The third kappa shape index (κ3) is 4.23. The molecule has 0 saturated carbocycles. The van der Waals surface area contributed by atoms with Gasteiger partial charge in [-0.3, -0.25) is 4.99 Å². The average Bonchev–Trinajstić information content (AvgIpc) is 2.86. The minimum atomic E-state index is 0.170. The molecule has 0 radical (unpaired) electrons. The zero-order valence-electron chi connectivity index (χ0n) is 14.7. The second-order valence-corrected chi connectivity index (χ2v) is 7.10. The molecular formula is C18H30N4. The third-order valence-corrected chi connectivity index (χ3v) is 3.88. The lowest BCUT2D eigenvalue weighted by atomic mass is 9.93. The lowest BCUT2D eigenvalue weighted by Crippen LogP contribution is -2.42. The van der Waals surface area contributed by atoms with Crippen LogP contribution in [-0.2, 0) is 6.42 Å². The number of nitrogens with one attached hydrogen (secondary N) is 1. The van der Waals surface area contributed by atoms with Gasteiger partial charge in [-0.15, -0.1) is 0 Å². The van der Waals surface area contributed by atoms with Gasteiger partial charge in [0.15, 0.2) is 5.96 Å². The molecular weight excluding hydrogens is 272 g/mol. The lowest BCUT2D eigenvalue weighted by molar-refractivity contribution is 0.249. The van der Waals surface area contributed by atoms with E-state index in [0.717, 1.165) is 38.6 Å². The molecule has 0 fully saturated rings. The molecule has 1 aliphatic rings. The van der Waals surface area contributed by atoms with E-state index in [1.54, 1.807) is 0 Å². The number of hydrogen-bond acceptors (Lipinski definition) is 2. The quantitative estimate of drug-likeness (QED) is 0.670. The molecule has 4 nitrogen and oxygen atoms in total. The first-order valence-electron chi connectivity index (χ1n) is 8.21. The number of hydrogen-bond donors (Lipinski definition) is 1. The number of guanidine groups is 1. The molecule has 0 spiro atoms. The zero-order valence-corrected chi connectivity index (χ0v) is 14.7. The summed E-state index contributed by atoms with van der Waals surface area (Å²) in [5.41, 5.74) is 2.89. The molecule has 1 aromatic carbocycles. The van der Waals surface area contributed by atoms with Gasteiger partial charge in [-0.25, -0.2) is 0 Å². The molecule has 1 heterocycles. The van der Waals surface area contributed by atoms with Gasteiger partial charge in [0.05, 0.1) is 0 Å². The van der Waals surface area contributed by atoms with Crippen molar-refractivity contribution in [1.29, 1.82) is 0 Å². The van der Waals surface area contributed by atoms with Crippen molar-refractivity contribution in [1.82, 2.24) is 10.2 Å². The number of aliphatic imine (C=N–C) groups is 1. The topological polar surface area (TPSA) is 30.9 Å². The molecule has 0 aromatic heterocycles. The van der Waals surface area contributed by atoms with Gasteiger partial charge in [-0.05, 0) is 44.5 Å². The molecule has 22 heavy (non-hydrogen) atoms. The van der Waals surface area contributed by atoms with Gasteiger partial charge in [0.25, 0.3) is 0 Å². The van der Waals surface area contributed by atoms with E-state index in [0.29, 0.717) is 0 Å². The van der Waals surface area contributed by atoms with E-state index in [1.807, 2.05) is 0 Å². The Morgan fingerprint density at radius 1 is 1.32 bits per heavy atom. The monoisotopic (exact) mass is 302 g/mol. The molecule has 1 N–H and O–H groups in total. The molecule has 0 saturated heterocycles. The molecule has 0 aliphatic carbocycles. The van der Waals surface area contributed by atoms with Gasteiger partial charge < -0.3 is 15.1 Å². The molecule has 1 aromatic rings. The number of para-hydroxylation sites is 1. The summed E-state index contributed by atoms with van der Waals surface area (Å²) in [7, 11) is 4.24. The van der Waals surface area contributed by atoms with Crippen molar-refractivity contribution in [2.24, 2.45) is 10.4 Å². The highest BCUT2D eigenvalue weighted by atomic mass is 15.3. The maximum Gasteiger partial charge on any atom is 0.198 e. The fraction of sp³-hybridized carbons (Fsp3) is 0.611. The summed E-state index contributed by atoms with van der Waals surface area (Å²) in [5, 5.41) is 3.45. The number of rotatable bonds is 5. The number of nitrogens with zero attached hydrogens (tertiary/aromatic N) is 3. The van der Waals surface area contributed by atoms with Gasteiger partial charge in [0, 0.05) is 31.9 Å². The van der Waals surface area contributed by atoms with Crippen LogP contribution in [0.5, 0.6) is 0 Å². The van der Waals surface area contributed by atoms with Gasteiger partial charge in [-0.2, -0.15) is 0 Å². The van der Waals surface area contributed by atoms with Crippen LogP contribution in [-0.4, -0.2) is 51.1 Å². The molecule has 0 amide bonds. The van der Waals surface area contributed by atoms with Crippen LogP contribution >= 0.6 is 0 Å². The summed E-state index contributed by atoms with van der Waals surface area (Å²) >= 11 is 0. The van der Waals surface area contributed by atoms with Gasteiger partial charge in [0.1, 0.15) is 0 Å². The van der Waals surface area contributed by atoms with Crippen molar-refractivity contribution in [3.8, 4) is 0 Å². The second kappa shape index (κ2) is 7.14. The maximum atomic E-state index is 4.92. The first-order valence-corrected chi connectivity index (χ1v) is 8.21. The number of benzene rings is 1. The van der Waals surface area contributed by atoms with Crippen molar-refractivity contribution in [2.45, 2.75) is 27.2 Å². The summed E-state index contributed by atoms with van der Waals surface area (Å²) in [6.07, 6.45) is 1.10. The van der Waals surface area contributed by atoms with Crippen molar-refractivity contribution in [2.75, 3.05) is 45.2 Å². The smallest absolute Gasteiger partial charge is 0.198 e. The van der Waals surface area contributed by atoms with E-state index in [2.05, 4.69) is 74.2 Å².